The summed E-state index contributed by atoms with van der Waals surface area (Å²) in [6, 6.07) is 1.71. The highest BCUT2D eigenvalue weighted by Crippen LogP contribution is 2.48. The Morgan fingerprint density at radius 2 is 2.39 bits per heavy atom. The fraction of sp³-hybridized carbons (Fsp3) is 0.583. The summed E-state index contributed by atoms with van der Waals surface area (Å²) in [7, 11) is 1.73. The molecule has 1 aliphatic rings. The van der Waals surface area contributed by atoms with Crippen molar-refractivity contribution in [2.45, 2.75) is 19.3 Å². The van der Waals surface area contributed by atoms with E-state index in [1.807, 2.05) is 0 Å². The van der Waals surface area contributed by atoms with Crippen LogP contribution >= 0.6 is 12.2 Å². The van der Waals surface area contributed by atoms with E-state index >= 15 is 0 Å². The number of nitrogens with two attached hydrogens (primary N) is 1. The Bertz CT molecular complexity index is 434. The number of hydrogen-bond acceptors (Lipinski definition) is 5. The molecule has 0 bridgehead atoms. The first-order chi connectivity index (χ1) is 8.65. The third-order valence-electron chi connectivity index (χ3n) is 3.32. The third kappa shape index (κ3) is 3.36. The summed E-state index contributed by atoms with van der Waals surface area (Å²) in [4.78, 5) is 8.72. The van der Waals surface area contributed by atoms with Crippen molar-refractivity contribution in [1.82, 2.24) is 9.97 Å². The van der Waals surface area contributed by atoms with Crippen LogP contribution in [0.3, 0.4) is 0 Å². The molecule has 1 aromatic heterocycles. The molecular formula is C12H18N4OS. The topological polar surface area (TPSA) is 73.1 Å². The van der Waals surface area contributed by atoms with Gasteiger partial charge in [0, 0.05) is 26.5 Å². The number of rotatable bonds is 7. The van der Waals surface area contributed by atoms with Crippen LogP contribution in [0.15, 0.2) is 12.3 Å². The molecule has 0 amide bonds. The molecule has 0 spiro atoms. The Kier molecular flexibility index (Phi) is 4.08. The van der Waals surface area contributed by atoms with Gasteiger partial charge in [-0.3, -0.25) is 0 Å². The van der Waals surface area contributed by atoms with Crippen LogP contribution in [-0.4, -0.2) is 35.2 Å². The lowest BCUT2D eigenvalue weighted by molar-refractivity contribution is 0.175. The molecule has 0 saturated heterocycles. The monoisotopic (exact) mass is 266 g/mol. The lowest BCUT2D eigenvalue weighted by Gasteiger charge is -2.15. The van der Waals surface area contributed by atoms with Gasteiger partial charge >= 0.3 is 0 Å². The van der Waals surface area contributed by atoms with Crippen LogP contribution in [0, 0.1) is 5.41 Å². The number of anilines is 1. The average Bonchev–Trinajstić information content (AvgIpc) is 3.15. The molecule has 1 heterocycles. The molecule has 2 rings (SSSR count). The maximum absolute atomic E-state index is 5.54. The second-order valence-electron chi connectivity index (χ2n) is 4.73. The summed E-state index contributed by atoms with van der Waals surface area (Å²) in [6.07, 6.45) is 5.21. The number of hydrogen-bond donors (Lipinski definition) is 2. The number of ether oxygens (including phenoxy) is 1. The van der Waals surface area contributed by atoms with Gasteiger partial charge in [0.2, 0.25) is 5.95 Å². The van der Waals surface area contributed by atoms with Gasteiger partial charge < -0.3 is 15.8 Å². The number of thiocarbonyl (C=S) groups is 1. The van der Waals surface area contributed by atoms with Crippen LogP contribution < -0.4 is 11.1 Å². The van der Waals surface area contributed by atoms with E-state index < -0.39 is 0 Å². The maximum atomic E-state index is 5.54. The van der Waals surface area contributed by atoms with Gasteiger partial charge in [-0.2, -0.15) is 0 Å². The summed E-state index contributed by atoms with van der Waals surface area (Å²) < 4.78 is 5.13. The van der Waals surface area contributed by atoms with Crippen LogP contribution in [0.1, 0.15) is 25.0 Å². The van der Waals surface area contributed by atoms with Crippen molar-refractivity contribution in [2.75, 3.05) is 25.6 Å². The van der Waals surface area contributed by atoms with Crippen molar-refractivity contribution in [3.05, 3.63) is 18.0 Å². The van der Waals surface area contributed by atoms with E-state index in [4.69, 9.17) is 22.7 Å². The molecule has 0 radical (unpaired) electrons. The minimum Gasteiger partial charge on any atom is -0.388 e. The van der Waals surface area contributed by atoms with Crippen LogP contribution in [-0.2, 0) is 4.74 Å². The molecule has 0 unspecified atom stereocenters. The van der Waals surface area contributed by atoms with E-state index in [2.05, 4.69) is 15.3 Å². The molecule has 1 fully saturated rings. The van der Waals surface area contributed by atoms with Gasteiger partial charge in [0.25, 0.3) is 0 Å². The van der Waals surface area contributed by atoms with Gasteiger partial charge in [0.1, 0.15) is 10.7 Å². The van der Waals surface area contributed by atoms with Crippen LogP contribution in [0.4, 0.5) is 5.95 Å². The lowest BCUT2D eigenvalue weighted by Crippen LogP contribution is -2.20. The largest absolute Gasteiger partial charge is 0.388 e. The number of aromatic nitrogens is 2. The van der Waals surface area contributed by atoms with Crippen LogP contribution in [0.2, 0.25) is 0 Å². The Labute approximate surface area is 112 Å². The highest BCUT2D eigenvalue weighted by molar-refractivity contribution is 7.80. The lowest BCUT2D eigenvalue weighted by atomic mass is 10.0. The molecule has 1 saturated carbocycles. The van der Waals surface area contributed by atoms with Crippen molar-refractivity contribution >= 4 is 23.2 Å². The van der Waals surface area contributed by atoms with Crippen molar-refractivity contribution in [3.8, 4) is 0 Å². The molecule has 0 aliphatic heterocycles. The Morgan fingerprint density at radius 3 is 3.00 bits per heavy atom. The van der Waals surface area contributed by atoms with E-state index in [1.165, 1.54) is 12.8 Å². The summed E-state index contributed by atoms with van der Waals surface area (Å²) >= 11 is 4.89. The molecule has 3 N–H and O–H groups in total. The van der Waals surface area contributed by atoms with Crippen molar-refractivity contribution in [1.29, 1.82) is 0 Å². The third-order valence-corrected chi connectivity index (χ3v) is 3.53. The average molecular weight is 266 g/mol. The molecule has 18 heavy (non-hydrogen) atoms. The fourth-order valence-electron chi connectivity index (χ4n) is 1.86. The highest BCUT2D eigenvalue weighted by Gasteiger charge is 2.41. The number of nitrogens with one attached hydrogen (secondary N) is 1. The zero-order valence-electron chi connectivity index (χ0n) is 10.5. The first-order valence-electron chi connectivity index (χ1n) is 6.01. The quantitative estimate of drug-likeness (QED) is 0.726. The van der Waals surface area contributed by atoms with Crippen LogP contribution in [0.5, 0.6) is 0 Å². The van der Waals surface area contributed by atoms with Crippen molar-refractivity contribution in [2.24, 2.45) is 11.1 Å². The summed E-state index contributed by atoms with van der Waals surface area (Å²) in [5.74, 6) is 0.587. The van der Waals surface area contributed by atoms with E-state index in [-0.39, 0.29) is 0 Å². The smallest absolute Gasteiger partial charge is 0.223 e. The predicted octanol–water partition coefficient (Wildman–Crippen LogP) is 1.34. The minimum atomic E-state index is 0.293. The van der Waals surface area contributed by atoms with Crippen molar-refractivity contribution in [3.63, 3.8) is 0 Å². The van der Waals surface area contributed by atoms with Gasteiger partial charge in [0.15, 0.2) is 0 Å². The zero-order valence-corrected chi connectivity index (χ0v) is 11.3. The molecule has 1 aromatic rings. The van der Waals surface area contributed by atoms with E-state index in [0.29, 0.717) is 22.0 Å². The fourth-order valence-corrected chi connectivity index (χ4v) is 1.97. The van der Waals surface area contributed by atoms with Crippen molar-refractivity contribution < 1.29 is 4.74 Å². The maximum Gasteiger partial charge on any atom is 0.223 e. The molecule has 5 nitrogen and oxygen atoms in total. The molecule has 0 aromatic carbocycles. The molecule has 6 heteroatoms. The summed E-state index contributed by atoms with van der Waals surface area (Å²) in [6.45, 7) is 1.67. The Balaban J connectivity index is 1.90. The molecule has 0 atom stereocenters. The van der Waals surface area contributed by atoms with Gasteiger partial charge in [-0.1, -0.05) is 12.2 Å². The number of methoxy groups -OCH3 is 1. The first-order valence-corrected chi connectivity index (χ1v) is 6.42. The van der Waals surface area contributed by atoms with E-state index in [1.54, 1.807) is 19.4 Å². The Hall–Kier alpha value is -1.27. The van der Waals surface area contributed by atoms with E-state index in [9.17, 15) is 0 Å². The van der Waals surface area contributed by atoms with Gasteiger partial charge in [-0.25, -0.2) is 9.97 Å². The standard InChI is InChI=1S/C12H18N4OS/c1-17-7-5-12(3-4-12)8-15-11-14-6-2-9(16-11)10(13)18/h2,6H,3-5,7-8H2,1H3,(H2,13,18)(H,14,15,16). The first kappa shape index (κ1) is 13.2. The number of nitrogens with zero attached hydrogens (tertiary/aromatic N) is 2. The molecule has 1 aliphatic carbocycles. The second kappa shape index (κ2) is 5.58. The zero-order chi connectivity index (χ0) is 13.0. The second-order valence-corrected chi connectivity index (χ2v) is 5.17. The predicted molar refractivity (Wildman–Crippen MR) is 74.6 cm³/mol. The van der Waals surface area contributed by atoms with Gasteiger partial charge in [0.05, 0.1) is 0 Å². The minimum absolute atomic E-state index is 0.293. The molecular weight excluding hydrogens is 248 g/mol. The van der Waals surface area contributed by atoms with E-state index in [0.717, 1.165) is 19.6 Å². The van der Waals surface area contributed by atoms with Crippen LogP contribution in [0.25, 0.3) is 0 Å². The SMILES string of the molecule is COCCC1(CNc2nccc(C(N)=S)n2)CC1. The summed E-state index contributed by atoms with van der Waals surface area (Å²) in [5.41, 5.74) is 6.50. The normalized spacial score (nSPS) is 16.3. The summed E-state index contributed by atoms with van der Waals surface area (Å²) in [5, 5.41) is 3.26. The van der Waals surface area contributed by atoms with Gasteiger partial charge in [-0.15, -0.1) is 0 Å². The Morgan fingerprint density at radius 1 is 1.61 bits per heavy atom. The molecule has 98 valence electrons. The van der Waals surface area contributed by atoms with Gasteiger partial charge in [-0.05, 0) is 30.7 Å². The highest BCUT2D eigenvalue weighted by atomic mass is 32.1.